The van der Waals surface area contributed by atoms with Gasteiger partial charge in [0.25, 0.3) is 0 Å². The van der Waals surface area contributed by atoms with Crippen LogP contribution in [-0.2, 0) is 10.0 Å². The molecule has 0 aliphatic carbocycles. The molecule has 0 saturated carbocycles. The Hall–Kier alpha value is -2.78. The lowest BCUT2D eigenvalue weighted by atomic mass is 9.89. The Labute approximate surface area is 164 Å². The number of hydrogen-bond donors (Lipinski definition) is 2. The number of nitrogens with one attached hydrogen (secondary N) is 2. The first-order valence-electron chi connectivity index (χ1n) is 8.89. The average molecular weight is 402 g/mol. The summed E-state index contributed by atoms with van der Waals surface area (Å²) in [5.74, 6) is 0.782. The fourth-order valence-electron chi connectivity index (χ4n) is 3.72. The van der Waals surface area contributed by atoms with Crippen LogP contribution in [0.2, 0.25) is 0 Å². The van der Waals surface area contributed by atoms with E-state index in [-0.39, 0.29) is 19.1 Å². The average Bonchev–Trinajstić information content (AvgIpc) is 2.96. The molecule has 1 aromatic carbocycles. The molecular weight excluding hydrogens is 380 g/mol. The summed E-state index contributed by atoms with van der Waals surface area (Å²) in [6.07, 6.45) is 11.1. The van der Waals surface area contributed by atoms with E-state index in [0.29, 0.717) is 6.54 Å². The van der Waals surface area contributed by atoms with Crippen LogP contribution in [0.5, 0.6) is 5.75 Å². The summed E-state index contributed by atoms with van der Waals surface area (Å²) in [5.41, 5.74) is 2.40. The van der Waals surface area contributed by atoms with Gasteiger partial charge in [-0.05, 0) is 42.0 Å². The maximum absolute atomic E-state index is 12.4. The lowest BCUT2D eigenvalue weighted by molar-refractivity contribution is 0.197. The molecule has 0 bridgehead atoms. The van der Waals surface area contributed by atoms with Gasteiger partial charge in [-0.25, -0.2) is 17.9 Å². The van der Waals surface area contributed by atoms with Crippen LogP contribution in [0.3, 0.4) is 0 Å². The number of nitrogens with zero attached hydrogens (tertiary/aromatic N) is 2. The highest BCUT2D eigenvalue weighted by Gasteiger charge is 2.44. The van der Waals surface area contributed by atoms with Crippen molar-refractivity contribution in [1.82, 2.24) is 19.8 Å². The Balaban J connectivity index is 1.67. The number of amides is 2. The summed E-state index contributed by atoms with van der Waals surface area (Å²) >= 11 is 0. The minimum absolute atomic E-state index is 0.155. The molecule has 3 aliphatic rings. The van der Waals surface area contributed by atoms with Crippen molar-refractivity contribution < 1.29 is 17.9 Å². The summed E-state index contributed by atoms with van der Waals surface area (Å²) in [7, 11) is -1.68. The number of methoxy groups -OCH3 is 1. The van der Waals surface area contributed by atoms with Gasteiger partial charge in [0.15, 0.2) is 0 Å². The standard InChI is InChI=1S/C19H22N4O4S/c1-27-15-3-4-16-14(11-15)5-8-22-9-6-19(12-17(16)22)13-20-18(24)23(19)10-7-21-28(2,25)26/h3-6,8-9,11-12,21H,7,10,13H2,1-2H3,(H,20,24). The lowest BCUT2D eigenvalue weighted by Gasteiger charge is -2.38. The summed E-state index contributed by atoms with van der Waals surface area (Å²) in [4.78, 5) is 16.1. The van der Waals surface area contributed by atoms with Gasteiger partial charge in [-0.2, -0.15) is 0 Å². The van der Waals surface area contributed by atoms with Crippen LogP contribution in [0, 0.1) is 0 Å². The summed E-state index contributed by atoms with van der Waals surface area (Å²) in [6.45, 7) is 0.842. The quantitative estimate of drug-likeness (QED) is 0.771. The van der Waals surface area contributed by atoms with E-state index >= 15 is 0 Å². The van der Waals surface area contributed by atoms with Crippen molar-refractivity contribution in [3.8, 4) is 5.75 Å². The normalized spacial score (nSPS) is 22.8. The molecule has 1 fully saturated rings. The van der Waals surface area contributed by atoms with Crippen molar-refractivity contribution in [3.05, 3.63) is 53.9 Å². The van der Waals surface area contributed by atoms with Crippen LogP contribution in [0.25, 0.3) is 11.8 Å². The summed E-state index contributed by atoms with van der Waals surface area (Å²) in [5, 5.41) is 2.87. The van der Waals surface area contributed by atoms with Crippen LogP contribution in [0.15, 0.2) is 42.8 Å². The lowest BCUT2D eigenvalue weighted by Crippen LogP contribution is -2.49. The number of ether oxygens (including phenoxy) is 1. The van der Waals surface area contributed by atoms with Gasteiger partial charge in [-0.3, -0.25) is 0 Å². The van der Waals surface area contributed by atoms with E-state index in [2.05, 4.69) is 16.1 Å². The van der Waals surface area contributed by atoms with E-state index in [4.69, 9.17) is 4.74 Å². The number of benzene rings is 1. The van der Waals surface area contributed by atoms with E-state index < -0.39 is 15.6 Å². The topological polar surface area (TPSA) is 91.0 Å². The molecule has 0 radical (unpaired) electrons. The maximum Gasteiger partial charge on any atom is 0.318 e. The second-order valence-corrected chi connectivity index (χ2v) is 8.82. The second kappa shape index (κ2) is 6.68. The van der Waals surface area contributed by atoms with E-state index in [1.54, 1.807) is 12.0 Å². The van der Waals surface area contributed by atoms with Crippen molar-refractivity contribution in [2.45, 2.75) is 5.54 Å². The van der Waals surface area contributed by atoms with Crippen LogP contribution < -0.4 is 14.8 Å². The SMILES string of the molecule is COc1ccc2c(c1)C=CN1C=CC3(C=C21)CNC(=O)N3CCNS(C)(=O)=O. The highest BCUT2D eigenvalue weighted by Crippen LogP contribution is 2.39. The van der Waals surface area contributed by atoms with Crippen molar-refractivity contribution in [2.75, 3.05) is 33.0 Å². The van der Waals surface area contributed by atoms with Crippen LogP contribution in [0.4, 0.5) is 4.79 Å². The Morgan fingerprint density at radius 3 is 2.89 bits per heavy atom. The molecule has 9 heteroatoms. The van der Waals surface area contributed by atoms with Crippen molar-refractivity contribution in [3.63, 3.8) is 0 Å². The molecular formula is C19H22N4O4S. The largest absolute Gasteiger partial charge is 0.497 e. The predicted octanol–water partition coefficient (Wildman–Crippen LogP) is 1.16. The Bertz CT molecular complexity index is 1010. The third kappa shape index (κ3) is 3.27. The molecule has 2 N–H and O–H groups in total. The zero-order chi connectivity index (χ0) is 19.9. The van der Waals surface area contributed by atoms with Crippen molar-refractivity contribution >= 4 is 27.8 Å². The molecule has 0 aromatic heterocycles. The van der Waals surface area contributed by atoms with Gasteiger partial charge >= 0.3 is 6.03 Å². The first-order valence-corrected chi connectivity index (χ1v) is 10.8. The molecule has 1 aromatic rings. The Kier molecular flexibility index (Phi) is 4.43. The van der Waals surface area contributed by atoms with Gasteiger partial charge in [-0.15, -0.1) is 0 Å². The molecule has 3 aliphatic heterocycles. The highest BCUT2D eigenvalue weighted by atomic mass is 32.2. The van der Waals surface area contributed by atoms with E-state index in [1.807, 2.05) is 47.7 Å². The van der Waals surface area contributed by atoms with E-state index in [9.17, 15) is 13.2 Å². The molecule has 8 nitrogen and oxygen atoms in total. The van der Waals surface area contributed by atoms with Gasteiger partial charge in [0.2, 0.25) is 10.0 Å². The zero-order valence-electron chi connectivity index (χ0n) is 15.7. The molecule has 1 atom stereocenters. The van der Waals surface area contributed by atoms with Gasteiger partial charge in [0.1, 0.15) is 11.3 Å². The number of rotatable bonds is 5. The Morgan fingerprint density at radius 1 is 1.32 bits per heavy atom. The molecule has 28 heavy (non-hydrogen) atoms. The van der Waals surface area contributed by atoms with E-state index in [0.717, 1.165) is 28.8 Å². The van der Waals surface area contributed by atoms with E-state index in [1.165, 1.54) is 0 Å². The number of fused-ring (bicyclic) bond motifs is 3. The minimum Gasteiger partial charge on any atom is -0.497 e. The third-order valence-corrected chi connectivity index (χ3v) is 5.84. The molecule has 3 heterocycles. The van der Waals surface area contributed by atoms with Crippen molar-refractivity contribution in [2.24, 2.45) is 0 Å². The number of hydrogen-bond acceptors (Lipinski definition) is 5. The molecule has 2 amide bonds. The number of carbonyl (C=O) groups excluding carboxylic acids is 1. The van der Waals surface area contributed by atoms with Gasteiger partial charge in [0.05, 0.1) is 25.6 Å². The van der Waals surface area contributed by atoms with Crippen LogP contribution in [0.1, 0.15) is 11.1 Å². The van der Waals surface area contributed by atoms with Gasteiger partial charge in [-0.1, -0.05) is 0 Å². The highest BCUT2D eigenvalue weighted by molar-refractivity contribution is 7.88. The Morgan fingerprint density at radius 2 is 2.14 bits per heavy atom. The smallest absolute Gasteiger partial charge is 0.318 e. The first kappa shape index (κ1) is 18.6. The summed E-state index contributed by atoms with van der Waals surface area (Å²) in [6, 6.07) is 5.67. The first-order chi connectivity index (χ1) is 13.3. The van der Waals surface area contributed by atoms with Crippen LogP contribution >= 0.6 is 0 Å². The zero-order valence-corrected chi connectivity index (χ0v) is 16.5. The molecule has 1 spiro atoms. The molecule has 148 valence electrons. The van der Waals surface area contributed by atoms with Crippen molar-refractivity contribution in [1.29, 1.82) is 0 Å². The van der Waals surface area contributed by atoms with Gasteiger partial charge < -0.3 is 19.9 Å². The minimum atomic E-state index is -3.31. The van der Waals surface area contributed by atoms with Crippen LogP contribution in [-0.4, -0.2) is 62.8 Å². The van der Waals surface area contributed by atoms with Gasteiger partial charge in [0, 0.05) is 31.1 Å². The third-order valence-electron chi connectivity index (χ3n) is 5.11. The molecule has 1 unspecified atom stereocenters. The fourth-order valence-corrected chi connectivity index (χ4v) is 4.19. The second-order valence-electron chi connectivity index (χ2n) is 6.99. The number of urea groups is 1. The fraction of sp³-hybridized carbons (Fsp3) is 0.316. The molecule has 4 rings (SSSR count). The summed E-state index contributed by atoms with van der Waals surface area (Å²) < 4.78 is 30.5. The maximum atomic E-state index is 12.4. The predicted molar refractivity (Wildman–Crippen MR) is 107 cm³/mol. The molecule has 1 saturated heterocycles. The number of carbonyl (C=O) groups is 1. The monoisotopic (exact) mass is 402 g/mol. The number of sulfonamides is 1.